The van der Waals surface area contributed by atoms with Crippen molar-refractivity contribution in [1.29, 1.82) is 0 Å². The summed E-state index contributed by atoms with van der Waals surface area (Å²) in [4.78, 5) is 58.2. The van der Waals surface area contributed by atoms with Crippen molar-refractivity contribution in [2.75, 3.05) is 82.3 Å². The minimum atomic E-state index is -0.933. The first kappa shape index (κ1) is 34.4. The molecular formula is C36H43N5O7. The molecule has 0 saturated carbocycles. The molecular weight excluding hydrogens is 614 g/mol. The first-order valence-corrected chi connectivity index (χ1v) is 16.0. The smallest absolute Gasteiger partial charge is 0.326 e. The molecule has 3 aromatic carbocycles. The van der Waals surface area contributed by atoms with Crippen LogP contribution >= 0.6 is 0 Å². The highest BCUT2D eigenvalue weighted by molar-refractivity contribution is 6.02. The lowest BCUT2D eigenvalue weighted by Crippen LogP contribution is -2.44. The zero-order valence-electron chi connectivity index (χ0n) is 27.8. The van der Waals surface area contributed by atoms with E-state index in [2.05, 4.69) is 5.32 Å². The molecule has 0 radical (unpaired) electrons. The number of nitrogens with zero attached hydrogens (tertiary/aromatic N) is 4. The number of ether oxygens (including phenoxy) is 2. The Labute approximate surface area is 280 Å². The second kappa shape index (κ2) is 15.3. The summed E-state index contributed by atoms with van der Waals surface area (Å²) in [5, 5.41) is 12.8. The van der Waals surface area contributed by atoms with Crippen molar-refractivity contribution in [2.24, 2.45) is 5.92 Å². The summed E-state index contributed by atoms with van der Waals surface area (Å²) in [6, 6.07) is 19.8. The summed E-state index contributed by atoms with van der Waals surface area (Å²) in [6.45, 7) is 5.23. The van der Waals surface area contributed by atoms with Crippen molar-refractivity contribution in [3.8, 4) is 5.75 Å². The number of urea groups is 1. The van der Waals surface area contributed by atoms with Gasteiger partial charge < -0.3 is 29.7 Å². The van der Waals surface area contributed by atoms with Crippen LogP contribution < -0.4 is 19.9 Å². The lowest BCUT2D eigenvalue weighted by Gasteiger charge is -2.28. The van der Waals surface area contributed by atoms with E-state index < -0.39 is 11.9 Å². The molecule has 12 nitrogen and oxygen atoms in total. The van der Waals surface area contributed by atoms with Crippen molar-refractivity contribution in [1.82, 2.24) is 9.80 Å². The molecule has 3 aromatic rings. The monoisotopic (exact) mass is 657 g/mol. The van der Waals surface area contributed by atoms with Crippen LogP contribution in [0, 0.1) is 12.8 Å². The van der Waals surface area contributed by atoms with Gasteiger partial charge in [-0.3, -0.25) is 24.2 Å². The number of amides is 4. The Morgan fingerprint density at radius 1 is 0.958 bits per heavy atom. The molecule has 2 heterocycles. The first-order chi connectivity index (χ1) is 23.0. The Hall–Kier alpha value is -4.94. The molecule has 0 aromatic heterocycles. The van der Waals surface area contributed by atoms with Crippen LogP contribution in [0.15, 0.2) is 66.7 Å². The number of carboxylic acids is 1. The van der Waals surface area contributed by atoms with E-state index in [1.165, 1.54) is 12.0 Å². The van der Waals surface area contributed by atoms with Crippen LogP contribution in [-0.2, 0) is 25.5 Å². The Morgan fingerprint density at radius 3 is 2.33 bits per heavy atom. The maximum atomic E-state index is 13.3. The Balaban J connectivity index is 1.20. The molecule has 2 N–H and O–H groups in total. The van der Waals surface area contributed by atoms with Gasteiger partial charge in [-0.15, -0.1) is 0 Å². The largest absolute Gasteiger partial charge is 0.495 e. The molecule has 2 unspecified atom stereocenters. The van der Waals surface area contributed by atoms with Gasteiger partial charge in [0.15, 0.2) is 0 Å². The molecule has 0 spiro atoms. The van der Waals surface area contributed by atoms with E-state index in [-0.39, 0.29) is 43.3 Å². The van der Waals surface area contributed by atoms with E-state index in [1.807, 2.05) is 48.2 Å². The third-order valence-electron chi connectivity index (χ3n) is 9.18. The summed E-state index contributed by atoms with van der Waals surface area (Å²) >= 11 is 0. The number of nitrogens with one attached hydrogen (secondary N) is 1. The number of aryl methyl sites for hydroxylation is 1. The molecule has 2 fully saturated rings. The fraction of sp³-hybridized carbons (Fsp3) is 0.389. The number of carbonyl (C=O) groups excluding carboxylic acids is 3. The van der Waals surface area contributed by atoms with Crippen molar-refractivity contribution in [2.45, 2.75) is 19.3 Å². The second-order valence-corrected chi connectivity index (χ2v) is 12.3. The number of para-hydroxylation sites is 1. The van der Waals surface area contributed by atoms with Crippen molar-refractivity contribution in [3.63, 3.8) is 0 Å². The van der Waals surface area contributed by atoms with E-state index in [0.717, 1.165) is 16.8 Å². The van der Waals surface area contributed by atoms with E-state index >= 15 is 0 Å². The Bertz CT molecular complexity index is 1640. The Kier molecular flexibility index (Phi) is 11.0. The van der Waals surface area contributed by atoms with Crippen LogP contribution in [0.2, 0.25) is 0 Å². The summed E-state index contributed by atoms with van der Waals surface area (Å²) in [7, 11) is 4.89. The minimum absolute atomic E-state index is 0.0748. The van der Waals surface area contributed by atoms with E-state index in [9.17, 15) is 24.3 Å². The molecule has 4 amide bonds. The van der Waals surface area contributed by atoms with Gasteiger partial charge in [0, 0.05) is 57.6 Å². The van der Waals surface area contributed by atoms with Crippen molar-refractivity contribution < 1.29 is 33.8 Å². The molecule has 2 atom stereocenters. The number of methoxy groups -OCH3 is 1. The van der Waals surface area contributed by atoms with Crippen LogP contribution in [0.25, 0.3) is 0 Å². The standard InChI is InChI=1S/C36H43N5O7/c1-24-7-5-6-8-31(24)39(3)36(46)37-30-14-9-25(19-32(30)47-4)20-33(42)38(2)27-12-10-26(11-13-27)28-21-41(22-29(28)35(44)45)34(43)23-40-15-17-48-18-16-40/h5-14,19,28-29H,15-18,20-23H2,1-4H3,(H,37,46)(H,44,45). The number of likely N-dealkylation sites (N-methyl/N-ethyl adjacent to an activating group) is 1. The van der Waals surface area contributed by atoms with Crippen LogP contribution in [-0.4, -0.2) is 106 Å². The van der Waals surface area contributed by atoms with Gasteiger partial charge in [-0.05, 0) is 53.9 Å². The number of morpholine rings is 1. The molecule has 12 heteroatoms. The molecule has 254 valence electrons. The Morgan fingerprint density at radius 2 is 1.67 bits per heavy atom. The fourth-order valence-electron chi connectivity index (χ4n) is 6.23. The lowest BCUT2D eigenvalue weighted by molar-refractivity contribution is -0.142. The number of anilines is 3. The van der Waals surface area contributed by atoms with E-state index in [4.69, 9.17) is 9.47 Å². The number of hydrogen-bond donors (Lipinski definition) is 2. The van der Waals surface area contributed by atoms with Gasteiger partial charge in [-0.1, -0.05) is 36.4 Å². The third kappa shape index (κ3) is 7.95. The topological polar surface area (TPSA) is 132 Å². The van der Waals surface area contributed by atoms with Gasteiger partial charge >= 0.3 is 12.0 Å². The van der Waals surface area contributed by atoms with Gasteiger partial charge in [0.25, 0.3) is 0 Å². The van der Waals surface area contributed by atoms with Crippen LogP contribution in [0.4, 0.5) is 21.9 Å². The van der Waals surface area contributed by atoms with Gasteiger partial charge in [0.2, 0.25) is 11.8 Å². The molecule has 2 saturated heterocycles. The van der Waals surface area contributed by atoms with Crippen LogP contribution in [0.1, 0.15) is 22.6 Å². The minimum Gasteiger partial charge on any atom is -0.495 e. The summed E-state index contributed by atoms with van der Waals surface area (Å²) in [6.07, 6.45) is 0.0931. The normalized spacial score (nSPS) is 17.9. The number of carboxylic acid groups (broad SMARTS) is 1. The average molecular weight is 658 g/mol. The SMILES string of the molecule is COc1cc(CC(=O)N(C)c2ccc(C3CN(C(=O)CN4CCOCC4)CC3C(=O)O)cc2)ccc1NC(=O)N(C)c1ccccc1C. The van der Waals surface area contributed by atoms with Gasteiger partial charge in [-0.2, -0.15) is 0 Å². The fourth-order valence-corrected chi connectivity index (χ4v) is 6.23. The predicted octanol–water partition coefficient (Wildman–Crippen LogP) is 3.84. The van der Waals surface area contributed by atoms with Crippen LogP contribution in [0.5, 0.6) is 5.75 Å². The zero-order chi connectivity index (χ0) is 34.4. The van der Waals surface area contributed by atoms with Crippen molar-refractivity contribution >= 4 is 40.9 Å². The maximum Gasteiger partial charge on any atom is 0.326 e. The predicted molar refractivity (Wildman–Crippen MR) is 183 cm³/mol. The number of benzene rings is 3. The first-order valence-electron chi connectivity index (χ1n) is 16.0. The number of aliphatic carboxylic acids is 1. The highest BCUT2D eigenvalue weighted by Crippen LogP contribution is 2.34. The maximum absolute atomic E-state index is 13.3. The molecule has 2 aliphatic rings. The van der Waals surface area contributed by atoms with E-state index in [1.54, 1.807) is 54.2 Å². The molecule has 48 heavy (non-hydrogen) atoms. The highest BCUT2D eigenvalue weighted by Gasteiger charge is 2.40. The van der Waals surface area contributed by atoms with Crippen LogP contribution in [0.3, 0.4) is 0 Å². The number of carbonyl (C=O) groups is 4. The van der Waals surface area contributed by atoms with Crippen molar-refractivity contribution in [3.05, 3.63) is 83.4 Å². The zero-order valence-corrected chi connectivity index (χ0v) is 27.8. The summed E-state index contributed by atoms with van der Waals surface area (Å²) in [5.74, 6) is -1.80. The molecule has 0 aliphatic carbocycles. The second-order valence-electron chi connectivity index (χ2n) is 12.3. The molecule has 5 rings (SSSR count). The lowest BCUT2D eigenvalue weighted by atomic mass is 9.89. The quantitative estimate of drug-likeness (QED) is 0.336. The average Bonchev–Trinajstić information content (AvgIpc) is 3.55. The third-order valence-corrected chi connectivity index (χ3v) is 9.18. The molecule has 0 bridgehead atoms. The summed E-state index contributed by atoms with van der Waals surface area (Å²) < 4.78 is 10.9. The van der Waals surface area contributed by atoms with Gasteiger partial charge in [0.1, 0.15) is 5.75 Å². The van der Waals surface area contributed by atoms with E-state index in [0.29, 0.717) is 55.5 Å². The number of rotatable bonds is 10. The number of likely N-dealkylation sites (tertiary alicyclic amines) is 1. The highest BCUT2D eigenvalue weighted by atomic mass is 16.5. The van der Waals surface area contributed by atoms with Gasteiger partial charge in [0.05, 0.1) is 44.9 Å². The number of hydrogen-bond acceptors (Lipinski definition) is 7. The molecule has 2 aliphatic heterocycles. The van der Waals surface area contributed by atoms with Gasteiger partial charge in [-0.25, -0.2) is 4.79 Å². The summed E-state index contributed by atoms with van der Waals surface area (Å²) in [5.41, 5.74) is 4.41.